The summed E-state index contributed by atoms with van der Waals surface area (Å²) in [5.74, 6) is 0.784. The molecule has 1 amide bonds. The minimum atomic E-state index is -3.39. The van der Waals surface area contributed by atoms with Gasteiger partial charge in [-0.2, -0.15) is 4.31 Å². The first-order valence-electron chi connectivity index (χ1n) is 7.05. The largest absolute Gasteiger partial charge is 0.311 e. The molecule has 2 heterocycles. The maximum Gasteiger partial charge on any atom is 0.243 e. The summed E-state index contributed by atoms with van der Waals surface area (Å²) in [6.07, 6.45) is 1.86. The Morgan fingerprint density at radius 2 is 1.90 bits per heavy atom. The van der Waals surface area contributed by atoms with Gasteiger partial charge in [-0.15, -0.1) is 11.8 Å². The van der Waals surface area contributed by atoms with E-state index in [2.05, 4.69) is 0 Å². The molecule has 0 N–H and O–H groups in total. The second-order valence-electron chi connectivity index (χ2n) is 5.26. The van der Waals surface area contributed by atoms with Crippen molar-refractivity contribution in [3.05, 3.63) is 18.2 Å². The Bertz CT molecular complexity index is 667. The van der Waals surface area contributed by atoms with Gasteiger partial charge in [0, 0.05) is 37.2 Å². The maximum atomic E-state index is 12.6. The van der Waals surface area contributed by atoms with Gasteiger partial charge in [0.1, 0.15) is 0 Å². The highest BCUT2D eigenvalue weighted by Gasteiger charge is 2.29. The Morgan fingerprint density at radius 3 is 2.57 bits per heavy atom. The highest BCUT2D eigenvalue weighted by molar-refractivity contribution is 7.99. The number of carbonyl (C=O) groups is 1. The third-order valence-corrected chi connectivity index (χ3v) is 6.80. The van der Waals surface area contributed by atoms with E-state index in [0.717, 1.165) is 29.2 Å². The van der Waals surface area contributed by atoms with Crippen LogP contribution in [0.1, 0.15) is 19.8 Å². The molecule has 3 rings (SSSR count). The number of hydrogen-bond acceptors (Lipinski definition) is 4. The Balaban J connectivity index is 1.98. The van der Waals surface area contributed by atoms with E-state index >= 15 is 0 Å². The summed E-state index contributed by atoms with van der Waals surface area (Å²) in [6, 6.07) is 5.09. The van der Waals surface area contributed by atoms with Gasteiger partial charge in [0.25, 0.3) is 0 Å². The Labute approximate surface area is 129 Å². The van der Waals surface area contributed by atoms with Gasteiger partial charge in [0.05, 0.1) is 10.6 Å². The van der Waals surface area contributed by atoms with Crippen LogP contribution in [-0.2, 0) is 14.8 Å². The summed E-state index contributed by atoms with van der Waals surface area (Å²) in [5, 5.41) is 0. The van der Waals surface area contributed by atoms with Crippen LogP contribution in [0.15, 0.2) is 28.0 Å². The van der Waals surface area contributed by atoms with Crippen LogP contribution < -0.4 is 4.90 Å². The molecule has 2 aliphatic rings. The minimum absolute atomic E-state index is 0.00769. The van der Waals surface area contributed by atoms with Crippen molar-refractivity contribution in [2.75, 3.05) is 30.3 Å². The summed E-state index contributed by atoms with van der Waals surface area (Å²) >= 11 is 1.61. The first kappa shape index (κ1) is 14.9. The molecule has 0 aromatic heterocycles. The van der Waals surface area contributed by atoms with Crippen molar-refractivity contribution in [2.24, 2.45) is 0 Å². The van der Waals surface area contributed by atoms with Crippen LogP contribution in [0.2, 0.25) is 0 Å². The van der Waals surface area contributed by atoms with Crippen molar-refractivity contribution in [2.45, 2.75) is 29.6 Å². The highest BCUT2D eigenvalue weighted by atomic mass is 32.2. The van der Waals surface area contributed by atoms with E-state index in [9.17, 15) is 13.2 Å². The van der Waals surface area contributed by atoms with Crippen molar-refractivity contribution in [1.29, 1.82) is 0 Å². The molecule has 1 saturated heterocycles. The zero-order valence-corrected chi connectivity index (χ0v) is 13.5. The third-order valence-electron chi connectivity index (χ3n) is 3.88. The average Bonchev–Trinajstić information content (AvgIpc) is 3.00. The number of hydrogen-bond donors (Lipinski definition) is 0. The van der Waals surface area contributed by atoms with Crippen molar-refractivity contribution >= 4 is 33.4 Å². The fourth-order valence-electron chi connectivity index (χ4n) is 2.77. The second-order valence-corrected chi connectivity index (χ2v) is 8.33. The van der Waals surface area contributed by atoms with Gasteiger partial charge in [0.15, 0.2) is 0 Å². The minimum Gasteiger partial charge on any atom is -0.311 e. The van der Waals surface area contributed by atoms with E-state index in [1.165, 1.54) is 6.92 Å². The van der Waals surface area contributed by atoms with Crippen molar-refractivity contribution in [3.8, 4) is 0 Å². The van der Waals surface area contributed by atoms with Crippen LogP contribution in [0.4, 0.5) is 5.69 Å². The quantitative estimate of drug-likeness (QED) is 0.833. The van der Waals surface area contributed by atoms with E-state index < -0.39 is 10.0 Å². The molecule has 2 aliphatic heterocycles. The zero-order chi connectivity index (χ0) is 15.0. The Hall–Kier alpha value is -1.05. The molecule has 0 saturated carbocycles. The van der Waals surface area contributed by atoms with Gasteiger partial charge in [0.2, 0.25) is 15.9 Å². The van der Waals surface area contributed by atoms with E-state index in [1.807, 2.05) is 0 Å². The molecular formula is C14H18N2O3S2. The second kappa shape index (κ2) is 5.62. The standard InChI is InChI=1S/C14H18N2O3S2/c1-11(17)16-8-9-20-14-10-12(4-5-13(14)16)21(18,19)15-6-2-3-7-15/h4-5,10H,2-3,6-9H2,1H3. The molecule has 7 heteroatoms. The number of nitrogens with zero attached hydrogens (tertiary/aromatic N) is 2. The Morgan fingerprint density at radius 1 is 1.19 bits per heavy atom. The Kier molecular flexibility index (Phi) is 3.98. The summed E-state index contributed by atoms with van der Waals surface area (Å²) < 4.78 is 26.7. The molecule has 0 unspecified atom stereocenters. The van der Waals surface area contributed by atoms with Crippen LogP contribution in [0.3, 0.4) is 0 Å². The topological polar surface area (TPSA) is 57.7 Å². The molecule has 0 bridgehead atoms. The number of fused-ring (bicyclic) bond motifs is 1. The summed E-state index contributed by atoms with van der Waals surface area (Å²) in [6.45, 7) is 3.41. The molecule has 1 aromatic carbocycles. The summed E-state index contributed by atoms with van der Waals surface area (Å²) in [5.41, 5.74) is 0.819. The third kappa shape index (κ3) is 2.69. The smallest absolute Gasteiger partial charge is 0.243 e. The average molecular weight is 326 g/mol. The predicted molar refractivity (Wildman–Crippen MR) is 83.2 cm³/mol. The number of benzene rings is 1. The highest BCUT2D eigenvalue weighted by Crippen LogP contribution is 2.37. The molecule has 0 spiro atoms. The van der Waals surface area contributed by atoms with Gasteiger partial charge in [-0.1, -0.05) is 0 Å². The number of amides is 1. The molecule has 0 aliphatic carbocycles. The molecule has 5 nitrogen and oxygen atoms in total. The monoisotopic (exact) mass is 326 g/mol. The molecule has 1 fully saturated rings. The molecule has 0 radical (unpaired) electrons. The van der Waals surface area contributed by atoms with Gasteiger partial charge in [-0.3, -0.25) is 4.79 Å². The van der Waals surface area contributed by atoms with Crippen molar-refractivity contribution in [1.82, 2.24) is 4.31 Å². The predicted octanol–water partition coefficient (Wildman–Crippen LogP) is 1.93. The maximum absolute atomic E-state index is 12.6. The summed E-state index contributed by atoms with van der Waals surface area (Å²) in [4.78, 5) is 14.6. The van der Waals surface area contributed by atoms with Gasteiger partial charge in [-0.25, -0.2) is 8.42 Å². The first-order chi connectivity index (χ1) is 10.00. The fourth-order valence-corrected chi connectivity index (χ4v) is 5.41. The van der Waals surface area contributed by atoms with E-state index in [0.29, 0.717) is 24.5 Å². The van der Waals surface area contributed by atoms with Crippen molar-refractivity contribution in [3.63, 3.8) is 0 Å². The number of carbonyl (C=O) groups excluding carboxylic acids is 1. The van der Waals surface area contributed by atoms with E-state index in [1.54, 1.807) is 39.2 Å². The lowest BCUT2D eigenvalue weighted by molar-refractivity contribution is -0.116. The molecule has 114 valence electrons. The van der Waals surface area contributed by atoms with Crippen LogP contribution in [0.5, 0.6) is 0 Å². The zero-order valence-electron chi connectivity index (χ0n) is 11.9. The SMILES string of the molecule is CC(=O)N1CCSc2cc(S(=O)(=O)N3CCCC3)ccc21. The fraction of sp³-hybridized carbons (Fsp3) is 0.500. The molecule has 1 aromatic rings. The lowest BCUT2D eigenvalue weighted by atomic mass is 10.2. The number of anilines is 1. The van der Waals surface area contributed by atoms with Crippen LogP contribution in [-0.4, -0.2) is 44.0 Å². The van der Waals surface area contributed by atoms with Crippen LogP contribution in [0.25, 0.3) is 0 Å². The number of sulfonamides is 1. The summed E-state index contributed by atoms with van der Waals surface area (Å²) in [7, 11) is -3.39. The van der Waals surface area contributed by atoms with E-state index in [4.69, 9.17) is 0 Å². The van der Waals surface area contributed by atoms with Crippen molar-refractivity contribution < 1.29 is 13.2 Å². The van der Waals surface area contributed by atoms with Crippen LogP contribution >= 0.6 is 11.8 Å². The van der Waals surface area contributed by atoms with Crippen LogP contribution in [0, 0.1) is 0 Å². The molecule has 21 heavy (non-hydrogen) atoms. The van der Waals surface area contributed by atoms with E-state index in [-0.39, 0.29) is 5.91 Å². The van der Waals surface area contributed by atoms with Gasteiger partial charge in [-0.05, 0) is 31.0 Å². The lowest BCUT2D eigenvalue weighted by Crippen LogP contribution is -2.33. The van der Waals surface area contributed by atoms with Gasteiger partial charge < -0.3 is 4.90 Å². The molecule has 0 atom stereocenters. The lowest BCUT2D eigenvalue weighted by Gasteiger charge is -2.28. The number of rotatable bonds is 2. The normalized spacial score (nSPS) is 19.6. The first-order valence-corrected chi connectivity index (χ1v) is 9.48. The molecular weight excluding hydrogens is 308 g/mol. The number of thioether (sulfide) groups is 1. The van der Waals surface area contributed by atoms with Gasteiger partial charge >= 0.3 is 0 Å².